The molecule has 0 atom stereocenters. The van der Waals surface area contributed by atoms with E-state index >= 15 is 0 Å². The minimum absolute atomic E-state index is 1.13. The first-order chi connectivity index (χ1) is 6.69. The molecule has 76 valence electrons. The molecule has 0 aromatic heterocycles. The lowest BCUT2D eigenvalue weighted by atomic mass is 9.98. The van der Waals surface area contributed by atoms with Crippen LogP contribution in [0.25, 0.3) is 5.57 Å². The SMILES string of the molecule is C=C(C)c1cc(NC)ccc1CCC. The second kappa shape index (κ2) is 4.85. The number of benzene rings is 1. The third-order valence-corrected chi connectivity index (χ3v) is 2.38. The normalized spacial score (nSPS) is 9.93. The fourth-order valence-corrected chi connectivity index (χ4v) is 1.62. The topological polar surface area (TPSA) is 12.0 Å². The average Bonchev–Trinajstić information content (AvgIpc) is 2.18. The second-order valence-electron chi connectivity index (χ2n) is 3.65. The summed E-state index contributed by atoms with van der Waals surface area (Å²) in [5, 5.41) is 3.15. The van der Waals surface area contributed by atoms with Crippen molar-refractivity contribution < 1.29 is 0 Å². The van der Waals surface area contributed by atoms with Crippen molar-refractivity contribution >= 4 is 11.3 Å². The fraction of sp³-hybridized carbons (Fsp3) is 0.385. The maximum atomic E-state index is 4.02. The van der Waals surface area contributed by atoms with Gasteiger partial charge in [-0.3, -0.25) is 0 Å². The monoisotopic (exact) mass is 189 g/mol. The minimum Gasteiger partial charge on any atom is -0.388 e. The van der Waals surface area contributed by atoms with Crippen LogP contribution in [-0.2, 0) is 6.42 Å². The molecule has 1 heteroatoms. The van der Waals surface area contributed by atoms with Crippen molar-refractivity contribution in [1.29, 1.82) is 0 Å². The van der Waals surface area contributed by atoms with Gasteiger partial charge in [-0.2, -0.15) is 0 Å². The number of hydrogen-bond acceptors (Lipinski definition) is 1. The molecule has 1 aromatic carbocycles. The van der Waals surface area contributed by atoms with Gasteiger partial charge in [-0.05, 0) is 36.6 Å². The van der Waals surface area contributed by atoms with Crippen LogP contribution in [0.15, 0.2) is 24.8 Å². The number of allylic oxidation sites excluding steroid dienone is 1. The summed E-state index contributed by atoms with van der Waals surface area (Å²) in [7, 11) is 1.94. The first-order valence-corrected chi connectivity index (χ1v) is 5.15. The van der Waals surface area contributed by atoms with Crippen molar-refractivity contribution in [1.82, 2.24) is 0 Å². The van der Waals surface area contributed by atoms with Crippen molar-refractivity contribution in [3.05, 3.63) is 35.9 Å². The predicted molar refractivity (Wildman–Crippen MR) is 64.7 cm³/mol. The summed E-state index contributed by atoms with van der Waals surface area (Å²) >= 11 is 0. The molecule has 1 nitrogen and oxygen atoms in total. The lowest BCUT2D eigenvalue weighted by Gasteiger charge is -2.10. The summed E-state index contributed by atoms with van der Waals surface area (Å²) in [6.45, 7) is 8.28. The lowest BCUT2D eigenvalue weighted by Crippen LogP contribution is -1.95. The molecule has 0 unspecified atom stereocenters. The van der Waals surface area contributed by atoms with E-state index in [1.807, 2.05) is 7.05 Å². The third kappa shape index (κ3) is 2.38. The number of aryl methyl sites for hydroxylation is 1. The van der Waals surface area contributed by atoms with Gasteiger partial charge >= 0.3 is 0 Å². The predicted octanol–water partition coefficient (Wildman–Crippen LogP) is 3.71. The summed E-state index contributed by atoms with van der Waals surface area (Å²) < 4.78 is 0. The first kappa shape index (κ1) is 10.8. The van der Waals surface area contributed by atoms with Crippen molar-refractivity contribution in [2.24, 2.45) is 0 Å². The van der Waals surface area contributed by atoms with Gasteiger partial charge in [0, 0.05) is 12.7 Å². The zero-order valence-electron chi connectivity index (χ0n) is 9.35. The number of hydrogen-bond donors (Lipinski definition) is 1. The van der Waals surface area contributed by atoms with Gasteiger partial charge in [0.25, 0.3) is 0 Å². The van der Waals surface area contributed by atoms with E-state index in [0.29, 0.717) is 0 Å². The van der Waals surface area contributed by atoms with Crippen LogP contribution in [0.1, 0.15) is 31.4 Å². The zero-order chi connectivity index (χ0) is 10.6. The van der Waals surface area contributed by atoms with E-state index in [1.165, 1.54) is 17.5 Å². The Balaban J connectivity index is 3.10. The van der Waals surface area contributed by atoms with E-state index in [2.05, 4.69) is 43.9 Å². The fourth-order valence-electron chi connectivity index (χ4n) is 1.62. The van der Waals surface area contributed by atoms with Crippen LogP contribution in [-0.4, -0.2) is 7.05 Å². The second-order valence-corrected chi connectivity index (χ2v) is 3.65. The summed E-state index contributed by atoms with van der Waals surface area (Å²) in [6.07, 6.45) is 2.31. The van der Waals surface area contributed by atoms with Gasteiger partial charge in [-0.25, -0.2) is 0 Å². The van der Waals surface area contributed by atoms with Gasteiger partial charge in [-0.1, -0.05) is 31.6 Å². The van der Waals surface area contributed by atoms with Crippen LogP contribution in [0.4, 0.5) is 5.69 Å². The number of rotatable bonds is 4. The van der Waals surface area contributed by atoms with Crippen LogP contribution in [0.3, 0.4) is 0 Å². The Morgan fingerprint density at radius 2 is 2.14 bits per heavy atom. The van der Waals surface area contributed by atoms with Crippen LogP contribution < -0.4 is 5.32 Å². The van der Waals surface area contributed by atoms with Gasteiger partial charge in [0.15, 0.2) is 0 Å². The molecule has 0 fully saturated rings. The third-order valence-electron chi connectivity index (χ3n) is 2.38. The highest BCUT2D eigenvalue weighted by molar-refractivity contribution is 5.68. The summed E-state index contributed by atoms with van der Waals surface area (Å²) in [5.41, 5.74) is 4.99. The molecular formula is C13H19N. The van der Waals surface area contributed by atoms with Crippen LogP contribution in [0.2, 0.25) is 0 Å². The lowest BCUT2D eigenvalue weighted by molar-refractivity contribution is 0.918. The first-order valence-electron chi connectivity index (χ1n) is 5.15. The Hall–Kier alpha value is -1.24. The molecule has 0 bridgehead atoms. The molecule has 0 aliphatic rings. The molecule has 0 amide bonds. The standard InChI is InChI=1S/C13H19N/c1-5-6-11-7-8-12(14-4)9-13(11)10(2)3/h7-9,14H,2,5-6H2,1,3-4H3. The van der Waals surface area contributed by atoms with E-state index in [-0.39, 0.29) is 0 Å². The molecule has 1 aromatic rings. The van der Waals surface area contributed by atoms with Gasteiger partial charge in [0.2, 0.25) is 0 Å². The molecule has 0 saturated heterocycles. The summed E-state index contributed by atoms with van der Waals surface area (Å²) in [4.78, 5) is 0. The highest BCUT2D eigenvalue weighted by atomic mass is 14.8. The van der Waals surface area contributed by atoms with Crippen molar-refractivity contribution in [3.63, 3.8) is 0 Å². The average molecular weight is 189 g/mol. The molecule has 14 heavy (non-hydrogen) atoms. The Kier molecular flexibility index (Phi) is 3.75. The van der Waals surface area contributed by atoms with Gasteiger partial charge in [0.05, 0.1) is 0 Å². The van der Waals surface area contributed by atoms with E-state index in [4.69, 9.17) is 0 Å². The van der Waals surface area contributed by atoms with Crippen LogP contribution >= 0.6 is 0 Å². The van der Waals surface area contributed by atoms with Gasteiger partial charge < -0.3 is 5.32 Å². The van der Waals surface area contributed by atoms with Crippen LogP contribution in [0, 0.1) is 0 Å². The van der Waals surface area contributed by atoms with Crippen molar-refractivity contribution in [2.75, 3.05) is 12.4 Å². The Morgan fingerprint density at radius 1 is 1.43 bits per heavy atom. The largest absolute Gasteiger partial charge is 0.388 e. The molecule has 0 heterocycles. The zero-order valence-corrected chi connectivity index (χ0v) is 9.35. The molecular weight excluding hydrogens is 170 g/mol. The Bertz CT molecular complexity index is 326. The summed E-state index contributed by atoms with van der Waals surface area (Å²) in [5.74, 6) is 0. The van der Waals surface area contributed by atoms with E-state index in [9.17, 15) is 0 Å². The molecule has 0 aliphatic heterocycles. The van der Waals surface area contributed by atoms with E-state index < -0.39 is 0 Å². The van der Waals surface area contributed by atoms with E-state index in [0.717, 1.165) is 17.7 Å². The molecule has 1 N–H and O–H groups in total. The molecule has 1 rings (SSSR count). The molecule has 0 spiro atoms. The number of nitrogens with one attached hydrogen (secondary N) is 1. The quantitative estimate of drug-likeness (QED) is 0.761. The minimum atomic E-state index is 1.13. The van der Waals surface area contributed by atoms with Gasteiger partial charge in [0.1, 0.15) is 0 Å². The highest BCUT2D eigenvalue weighted by Gasteiger charge is 2.03. The van der Waals surface area contributed by atoms with Crippen molar-refractivity contribution in [3.8, 4) is 0 Å². The Morgan fingerprint density at radius 3 is 2.64 bits per heavy atom. The highest BCUT2D eigenvalue weighted by Crippen LogP contribution is 2.22. The van der Waals surface area contributed by atoms with E-state index in [1.54, 1.807) is 0 Å². The Labute approximate surface area is 86.8 Å². The number of anilines is 1. The van der Waals surface area contributed by atoms with Crippen LogP contribution in [0.5, 0.6) is 0 Å². The van der Waals surface area contributed by atoms with Crippen molar-refractivity contribution in [2.45, 2.75) is 26.7 Å². The maximum Gasteiger partial charge on any atom is 0.0343 e. The molecule has 0 aliphatic carbocycles. The molecule has 0 radical (unpaired) electrons. The smallest absolute Gasteiger partial charge is 0.0343 e. The molecule has 0 saturated carbocycles. The maximum absolute atomic E-state index is 4.02. The summed E-state index contributed by atoms with van der Waals surface area (Å²) in [6, 6.07) is 6.49. The van der Waals surface area contributed by atoms with Gasteiger partial charge in [-0.15, -0.1) is 0 Å².